The first-order valence-corrected chi connectivity index (χ1v) is 5.47. The molecule has 0 aromatic carbocycles. The number of carbonyl (C=O) groups excluding carboxylic acids is 2. The second-order valence-electron chi connectivity index (χ2n) is 4.32. The number of hydrazine groups is 1. The number of hydrogen-bond donors (Lipinski definition) is 2. The Balaban J connectivity index is 2.02. The van der Waals surface area contributed by atoms with Gasteiger partial charge in [-0.2, -0.15) is 0 Å². The molecule has 1 saturated heterocycles. The molecule has 1 aromatic heterocycles. The molecule has 1 fully saturated rings. The number of hydrogen-bond acceptors (Lipinski definition) is 4. The van der Waals surface area contributed by atoms with E-state index in [1.54, 1.807) is 17.0 Å². The van der Waals surface area contributed by atoms with Gasteiger partial charge in [-0.05, 0) is 18.1 Å². The Hall–Kier alpha value is -1.82. The number of nitrogens with two attached hydrogens (primary N) is 1. The smallest absolute Gasteiger partial charge is 0.300 e. The molecule has 1 aliphatic heterocycles. The zero-order valence-corrected chi connectivity index (χ0v) is 9.60. The van der Waals surface area contributed by atoms with Crippen LogP contribution in [0.2, 0.25) is 0 Å². The number of carbonyl (C=O) groups is 2. The van der Waals surface area contributed by atoms with E-state index in [9.17, 15) is 9.59 Å². The predicted molar refractivity (Wildman–Crippen MR) is 59.6 cm³/mol. The Bertz CT molecular complexity index is 441. The summed E-state index contributed by atoms with van der Waals surface area (Å²) in [7, 11) is 0. The summed E-state index contributed by atoms with van der Waals surface area (Å²) in [5, 5.41) is 0. The maximum absolute atomic E-state index is 11.6. The second kappa shape index (κ2) is 4.58. The minimum Gasteiger partial charge on any atom is -0.454 e. The number of nitrogens with zero attached hydrogens (tertiary/aromatic N) is 1. The minimum atomic E-state index is -0.475. The second-order valence-corrected chi connectivity index (χ2v) is 4.32. The Morgan fingerprint density at radius 2 is 2.41 bits per heavy atom. The van der Waals surface area contributed by atoms with Crippen molar-refractivity contribution in [1.82, 2.24) is 10.3 Å². The number of amides is 2. The number of nitrogen functional groups attached to an aromatic ring is 1. The van der Waals surface area contributed by atoms with E-state index in [1.807, 2.05) is 12.3 Å². The van der Waals surface area contributed by atoms with Crippen LogP contribution in [0.1, 0.15) is 29.7 Å². The molecule has 2 amide bonds. The van der Waals surface area contributed by atoms with Gasteiger partial charge in [-0.1, -0.05) is 6.92 Å². The standard InChI is InChI=1S/C11H15N3O3/c1-7-4-10(15)14(5-7)6-8-2-3-9(17-8)11(16)13-12/h2-3,7H,4-6,12H2,1H3,(H,13,16). The lowest BCUT2D eigenvalue weighted by Crippen LogP contribution is -2.29. The van der Waals surface area contributed by atoms with E-state index in [-0.39, 0.29) is 11.7 Å². The van der Waals surface area contributed by atoms with Gasteiger partial charge in [0.2, 0.25) is 5.91 Å². The van der Waals surface area contributed by atoms with Gasteiger partial charge in [-0.3, -0.25) is 15.0 Å². The van der Waals surface area contributed by atoms with Crippen molar-refractivity contribution in [3.05, 3.63) is 23.7 Å². The molecule has 1 aliphatic rings. The van der Waals surface area contributed by atoms with Gasteiger partial charge >= 0.3 is 5.91 Å². The van der Waals surface area contributed by atoms with Crippen LogP contribution in [-0.2, 0) is 11.3 Å². The van der Waals surface area contributed by atoms with Gasteiger partial charge in [-0.15, -0.1) is 0 Å². The molecular formula is C11H15N3O3. The Kier molecular flexibility index (Phi) is 3.14. The van der Waals surface area contributed by atoms with Crippen LogP contribution >= 0.6 is 0 Å². The highest BCUT2D eigenvalue weighted by atomic mass is 16.4. The van der Waals surface area contributed by atoms with E-state index in [2.05, 4.69) is 0 Å². The van der Waals surface area contributed by atoms with E-state index < -0.39 is 5.91 Å². The molecule has 92 valence electrons. The van der Waals surface area contributed by atoms with Crippen molar-refractivity contribution < 1.29 is 14.0 Å². The van der Waals surface area contributed by atoms with Crippen LogP contribution in [0.3, 0.4) is 0 Å². The summed E-state index contributed by atoms with van der Waals surface area (Å²) in [6.07, 6.45) is 0.580. The van der Waals surface area contributed by atoms with E-state index >= 15 is 0 Å². The van der Waals surface area contributed by atoms with Crippen LogP contribution in [0.25, 0.3) is 0 Å². The summed E-state index contributed by atoms with van der Waals surface area (Å²) < 4.78 is 5.30. The van der Waals surface area contributed by atoms with Crippen molar-refractivity contribution >= 4 is 11.8 Å². The van der Waals surface area contributed by atoms with Gasteiger partial charge in [-0.25, -0.2) is 5.84 Å². The molecule has 1 atom stereocenters. The molecule has 17 heavy (non-hydrogen) atoms. The average molecular weight is 237 g/mol. The van der Waals surface area contributed by atoms with Crippen molar-refractivity contribution in [1.29, 1.82) is 0 Å². The lowest BCUT2D eigenvalue weighted by Gasteiger charge is -2.13. The lowest BCUT2D eigenvalue weighted by molar-refractivity contribution is -0.128. The van der Waals surface area contributed by atoms with Crippen molar-refractivity contribution in [2.75, 3.05) is 6.54 Å². The first-order chi connectivity index (χ1) is 8.10. The third-order valence-electron chi connectivity index (χ3n) is 2.77. The highest BCUT2D eigenvalue weighted by molar-refractivity contribution is 5.90. The molecule has 6 heteroatoms. The van der Waals surface area contributed by atoms with E-state index in [1.165, 1.54) is 0 Å². The normalized spacial score (nSPS) is 19.8. The van der Waals surface area contributed by atoms with Crippen molar-refractivity contribution in [3.63, 3.8) is 0 Å². The van der Waals surface area contributed by atoms with Gasteiger partial charge in [0.05, 0.1) is 6.54 Å². The lowest BCUT2D eigenvalue weighted by atomic mass is 10.2. The van der Waals surface area contributed by atoms with Gasteiger partial charge < -0.3 is 9.32 Å². The fraction of sp³-hybridized carbons (Fsp3) is 0.455. The van der Waals surface area contributed by atoms with Gasteiger partial charge in [0.15, 0.2) is 5.76 Å². The Labute approximate surface area is 98.7 Å². The summed E-state index contributed by atoms with van der Waals surface area (Å²) in [6.45, 7) is 3.17. The highest BCUT2D eigenvalue weighted by Gasteiger charge is 2.27. The zero-order valence-electron chi connectivity index (χ0n) is 9.60. The molecule has 0 radical (unpaired) electrons. The molecule has 0 saturated carbocycles. The van der Waals surface area contributed by atoms with Crippen molar-refractivity contribution in [2.24, 2.45) is 11.8 Å². The summed E-state index contributed by atoms with van der Waals surface area (Å²) in [5.41, 5.74) is 1.99. The summed E-state index contributed by atoms with van der Waals surface area (Å²) in [6, 6.07) is 3.22. The molecule has 1 aromatic rings. The molecular weight excluding hydrogens is 222 g/mol. The first kappa shape index (κ1) is 11.7. The highest BCUT2D eigenvalue weighted by Crippen LogP contribution is 2.20. The molecule has 1 unspecified atom stereocenters. The molecule has 2 rings (SSSR count). The van der Waals surface area contributed by atoms with Gasteiger partial charge in [0.1, 0.15) is 5.76 Å². The van der Waals surface area contributed by atoms with E-state index in [0.717, 1.165) is 6.54 Å². The first-order valence-electron chi connectivity index (χ1n) is 5.47. The fourth-order valence-electron chi connectivity index (χ4n) is 1.97. The zero-order chi connectivity index (χ0) is 12.4. The van der Waals surface area contributed by atoms with Crippen LogP contribution in [0, 0.1) is 5.92 Å². The Morgan fingerprint density at radius 1 is 1.65 bits per heavy atom. The SMILES string of the molecule is CC1CC(=O)N(Cc2ccc(C(=O)NN)o2)C1. The van der Waals surface area contributed by atoms with Gasteiger partial charge in [0, 0.05) is 13.0 Å². The van der Waals surface area contributed by atoms with Crippen LogP contribution < -0.4 is 11.3 Å². The molecule has 0 aliphatic carbocycles. The quantitative estimate of drug-likeness (QED) is 0.448. The third kappa shape index (κ3) is 2.47. The molecule has 0 spiro atoms. The fourth-order valence-corrected chi connectivity index (χ4v) is 1.97. The maximum Gasteiger partial charge on any atom is 0.300 e. The summed E-state index contributed by atoms with van der Waals surface area (Å²) in [4.78, 5) is 24.5. The number of furan rings is 1. The number of nitrogens with one attached hydrogen (secondary N) is 1. The van der Waals surface area contributed by atoms with Crippen LogP contribution in [0.5, 0.6) is 0 Å². The molecule has 3 N–H and O–H groups in total. The Morgan fingerprint density at radius 3 is 3.00 bits per heavy atom. The van der Waals surface area contributed by atoms with Crippen molar-refractivity contribution in [2.45, 2.75) is 19.9 Å². The molecule has 2 heterocycles. The monoisotopic (exact) mass is 237 g/mol. The van der Waals surface area contributed by atoms with Crippen LogP contribution in [-0.4, -0.2) is 23.3 Å². The number of likely N-dealkylation sites (tertiary alicyclic amines) is 1. The van der Waals surface area contributed by atoms with Gasteiger partial charge in [0.25, 0.3) is 0 Å². The summed E-state index contributed by atoms with van der Waals surface area (Å²) >= 11 is 0. The largest absolute Gasteiger partial charge is 0.454 e. The summed E-state index contributed by atoms with van der Waals surface area (Å²) in [5.74, 6) is 5.76. The number of rotatable bonds is 3. The van der Waals surface area contributed by atoms with E-state index in [0.29, 0.717) is 24.6 Å². The predicted octanol–water partition coefficient (Wildman–Crippen LogP) is 0.252. The molecule has 6 nitrogen and oxygen atoms in total. The minimum absolute atomic E-state index is 0.124. The third-order valence-corrected chi connectivity index (χ3v) is 2.77. The molecule has 0 bridgehead atoms. The van der Waals surface area contributed by atoms with E-state index in [4.69, 9.17) is 10.3 Å². The van der Waals surface area contributed by atoms with Crippen LogP contribution in [0.4, 0.5) is 0 Å². The van der Waals surface area contributed by atoms with Crippen molar-refractivity contribution in [3.8, 4) is 0 Å². The topological polar surface area (TPSA) is 88.6 Å². The average Bonchev–Trinajstić information content (AvgIpc) is 2.86. The van der Waals surface area contributed by atoms with Crippen LogP contribution in [0.15, 0.2) is 16.5 Å². The maximum atomic E-state index is 11.6.